The summed E-state index contributed by atoms with van der Waals surface area (Å²) < 4.78 is 1.73. The number of hydrogen-bond donors (Lipinski definition) is 0. The van der Waals surface area contributed by atoms with Crippen molar-refractivity contribution in [3.05, 3.63) is 69.6 Å². The molecule has 3 amide bonds. The van der Waals surface area contributed by atoms with Crippen molar-refractivity contribution in [2.75, 3.05) is 33.7 Å². The molecule has 2 aromatic rings. The van der Waals surface area contributed by atoms with Crippen LogP contribution in [0.1, 0.15) is 29.5 Å². The minimum atomic E-state index is -0.0389. The van der Waals surface area contributed by atoms with Crippen LogP contribution in [-0.4, -0.2) is 64.9 Å². The van der Waals surface area contributed by atoms with Crippen LogP contribution in [0.2, 0.25) is 0 Å². The van der Waals surface area contributed by atoms with E-state index in [0.29, 0.717) is 52.0 Å². The maximum atomic E-state index is 13.2. The molecule has 0 N–H and O–H groups in total. The molecule has 1 aromatic heterocycles. The average Bonchev–Trinajstić information content (AvgIpc) is 2.79. The van der Waals surface area contributed by atoms with Gasteiger partial charge >= 0.3 is 6.03 Å². The summed E-state index contributed by atoms with van der Waals surface area (Å²) in [6.45, 7) is 2.95. The molecule has 4 rings (SSSR count). The lowest BCUT2D eigenvalue weighted by Crippen LogP contribution is -2.48. The van der Waals surface area contributed by atoms with E-state index in [-0.39, 0.29) is 23.4 Å². The Balaban J connectivity index is 1.42. The van der Waals surface area contributed by atoms with E-state index >= 15 is 0 Å². The maximum absolute atomic E-state index is 13.2. The van der Waals surface area contributed by atoms with Crippen molar-refractivity contribution >= 4 is 11.9 Å². The van der Waals surface area contributed by atoms with Crippen LogP contribution in [0, 0.1) is 5.92 Å². The molecule has 2 aliphatic rings. The van der Waals surface area contributed by atoms with Crippen LogP contribution in [0.4, 0.5) is 4.79 Å². The first kappa shape index (κ1) is 21.2. The summed E-state index contributed by atoms with van der Waals surface area (Å²) in [6.07, 6.45) is 4.04. The summed E-state index contributed by atoms with van der Waals surface area (Å²) >= 11 is 0. The van der Waals surface area contributed by atoms with Crippen LogP contribution in [0.5, 0.6) is 0 Å². The second-order valence-corrected chi connectivity index (χ2v) is 8.72. The van der Waals surface area contributed by atoms with Crippen molar-refractivity contribution < 1.29 is 9.59 Å². The number of piperidine rings is 1. The van der Waals surface area contributed by atoms with E-state index in [1.54, 1.807) is 29.6 Å². The first-order valence-electron chi connectivity index (χ1n) is 10.9. The number of pyridine rings is 1. The van der Waals surface area contributed by atoms with E-state index in [1.807, 2.05) is 46.3 Å². The summed E-state index contributed by atoms with van der Waals surface area (Å²) in [7, 11) is 3.50. The van der Waals surface area contributed by atoms with Crippen molar-refractivity contribution in [3.8, 4) is 0 Å². The van der Waals surface area contributed by atoms with Crippen LogP contribution in [-0.2, 0) is 24.3 Å². The zero-order valence-electron chi connectivity index (χ0n) is 18.3. The molecule has 7 heteroatoms. The Hall–Kier alpha value is -3.09. The van der Waals surface area contributed by atoms with E-state index in [1.165, 1.54) is 0 Å². The minimum absolute atomic E-state index is 0.000288. The highest BCUT2D eigenvalue weighted by Gasteiger charge is 2.32. The van der Waals surface area contributed by atoms with E-state index in [2.05, 4.69) is 0 Å². The fourth-order valence-corrected chi connectivity index (χ4v) is 4.53. The Labute approximate surface area is 182 Å². The van der Waals surface area contributed by atoms with Crippen molar-refractivity contribution in [2.24, 2.45) is 5.92 Å². The van der Waals surface area contributed by atoms with Gasteiger partial charge in [0, 0.05) is 58.5 Å². The van der Waals surface area contributed by atoms with Crippen molar-refractivity contribution in [1.82, 2.24) is 19.3 Å². The molecule has 3 heterocycles. The predicted molar refractivity (Wildman–Crippen MR) is 119 cm³/mol. The van der Waals surface area contributed by atoms with Gasteiger partial charge in [0.2, 0.25) is 5.91 Å². The van der Waals surface area contributed by atoms with E-state index in [9.17, 15) is 14.4 Å². The zero-order chi connectivity index (χ0) is 22.0. The van der Waals surface area contributed by atoms with Gasteiger partial charge in [0.15, 0.2) is 0 Å². The van der Waals surface area contributed by atoms with Gasteiger partial charge in [0.1, 0.15) is 0 Å². The SMILES string of the molecule is CN(C)C(=O)N1CCC(C(=O)N2CCc3cc(=O)n(Cc4ccccc4)cc3C2)CC1. The Kier molecular flexibility index (Phi) is 6.11. The molecule has 0 bridgehead atoms. The molecule has 0 saturated carbocycles. The van der Waals surface area contributed by atoms with Gasteiger partial charge < -0.3 is 19.3 Å². The maximum Gasteiger partial charge on any atom is 0.319 e. The quantitative estimate of drug-likeness (QED) is 0.762. The number of amides is 3. The highest BCUT2D eigenvalue weighted by atomic mass is 16.2. The third-order valence-corrected chi connectivity index (χ3v) is 6.32. The lowest BCUT2D eigenvalue weighted by Gasteiger charge is -2.36. The van der Waals surface area contributed by atoms with E-state index in [4.69, 9.17) is 0 Å². The number of likely N-dealkylation sites (tertiary alicyclic amines) is 1. The molecular weight excluding hydrogens is 392 g/mol. The monoisotopic (exact) mass is 422 g/mol. The lowest BCUT2D eigenvalue weighted by atomic mass is 9.93. The fraction of sp³-hybridized carbons (Fsp3) is 0.458. The Morgan fingerprint density at radius 3 is 2.39 bits per heavy atom. The van der Waals surface area contributed by atoms with Gasteiger partial charge in [-0.3, -0.25) is 9.59 Å². The standard InChI is InChI=1S/C24H30N4O3/c1-25(2)24(31)26-11-8-19(9-12-26)23(30)27-13-10-20-14-22(29)28(17-21(20)16-27)15-18-6-4-3-5-7-18/h3-7,14,17,19H,8-13,15-16H2,1-2H3. The summed E-state index contributed by atoms with van der Waals surface area (Å²) in [5, 5.41) is 0. The fourth-order valence-electron chi connectivity index (χ4n) is 4.53. The molecule has 0 atom stereocenters. The molecule has 164 valence electrons. The zero-order valence-corrected chi connectivity index (χ0v) is 18.3. The van der Waals surface area contributed by atoms with E-state index < -0.39 is 0 Å². The third-order valence-electron chi connectivity index (χ3n) is 6.32. The molecule has 1 saturated heterocycles. The molecule has 2 aliphatic heterocycles. The summed E-state index contributed by atoms with van der Waals surface area (Å²) in [5.74, 6) is 0.131. The van der Waals surface area contributed by atoms with Crippen LogP contribution >= 0.6 is 0 Å². The van der Waals surface area contributed by atoms with Crippen LogP contribution in [0.25, 0.3) is 0 Å². The largest absolute Gasteiger partial charge is 0.338 e. The van der Waals surface area contributed by atoms with Gasteiger partial charge in [-0.2, -0.15) is 0 Å². The summed E-state index contributed by atoms with van der Waals surface area (Å²) in [4.78, 5) is 43.2. The first-order chi connectivity index (χ1) is 14.9. The first-order valence-corrected chi connectivity index (χ1v) is 10.9. The second-order valence-electron chi connectivity index (χ2n) is 8.72. The highest BCUT2D eigenvalue weighted by Crippen LogP contribution is 2.24. The number of rotatable bonds is 3. The van der Waals surface area contributed by atoms with Crippen LogP contribution < -0.4 is 5.56 Å². The number of urea groups is 1. The Morgan fingerprint density at radius 2 is 1.71 bits per heavy atom. The number of fused-ring (bicyclic) bond motifs is 1. The topological polar surface area (TPSA) is 65.9 Å². The lowest BCUT2D eigenvalue weighted by molar-refractivity contribution is -0.137. The molecule has 0 unspecified atom stereocenters. The molecule has 0 radical (unpaired) electrons. The summed E-state index contributed by atoms with van der Waals surface area (Å²) in [6, 6.07) is 11.7. The number of carbonyl (C=O) groups excluding carboxylic acids is 2. The molecule has 0 spiro atoms. The van der Waals surface area contributed by atoms with Crippen LogP contribution in [0.3, 0.4) is 0 Å². The highest BCUT2D eigenvalue weighted by molar-refractivity contribution is 5.80. The van der Waals surface area contributed by atoms with Crippen molar-refractivity contribution in [1.29, 1.82) is 0 Å². The van der Waals surface area contributed by atoms with Gasteiger partial charge in [0.05, 0.1) is 6.54 Å². The summed E-state index contributed by atoms with van der Waals surface area (Å²) in [5.41, 5.74) is 3.17. The molecule has 1 aromatic carbocycles. The molecule has 31 heavy (non-hydrogen) atoms. The van der Waals surface area contributed by atoms with Gasteiger partial charge in [-0.1, -0.05) is 30.3 Å². The Morgan fingerprint density at radius 1 is 1.00 bits per heavy atom. The number of nitrogens with zero attached hydrogens (tertiary/aromatic N) is 4. The number of benzene rings is 1. The van der Waals surface area contributed by atoms with E-state index in [0.717, 1.165) is 16.7 Å². The Bertz CT molecular complexity index is 1010. The number of hydrogen-bond acceptors (Lipinski definition) is 3. The second kappa shape index (κ2) is 8.96. The number of aromatic nitrogens is 1. The van der Waals surface area contributed by atoms with Crippen molar-refractivity contribution in [2.45, 2.75) is 32.4 Å². The number of carbonyl (C=O) groups is 2. The predicted octanol–water partition coefficient (Wildman–Crippen LogP) is 2.17. The minimum Gasteiger partial charge on any atom is -0.338 e. The van der Waals surface area contributed by atoms with Gasteiger partial charge in [-0.25, -0.2) is 4.79 Å². The normalized spacial score (nSPS) is 16.7. The van der Waals surface area contributed by atoms with Crippen LogP contribution in [0.15, 0.2) is 47.4 Å². The molecular formula is C24H30N4O3. The molecule has 1 fully saturated rings. The third kappa shape index (κ3) is 4.65. The van der Waals surface area contributed by atoms with Gasteiger partial charge in [-0.05, 0) is 36.0 Å². The molecule has 0 aliphatic carbocycles. The average molecular weight is 423 g/mol. The smallest absolute Gasteiger partial charge is 0.319 e. The van der Waals surface area contributed by atoms with Crippen molar-refractivity contribution in [3.63, 3.8) is 0 Å². The van der Waals surface area contributed by atoms with Gasteiger partial charge in [0.25, 0.3) is 5.56 Å². The molecule has 7 nitrogen and oxygen atoms in total. The van der Waals surface area contributed by atoms with Gasteiger partial charge in [-0.15, -0.1) is 0 Å².